The Morgan fingerprint density at radius 1 is 1.78 bits per heavy atom. The zero-order valence-corrected chi connectivity index (χ0v) is 5.27. The van der Waals surface area contributed by atoms with Crippen LogP contribution < -0.4 is 5.73 Å². The van der Waals surface area contributed by atoms with E-state index in [1.165, 1.54) is 6.20 Å². The first-order valence-corrected chi connectivity index (χ1v) is 2.01. The molecule has 1 heterocycles. The number of hydrogen-bond donors (Lipinski definition) is 3. The second-order valence-corrected chi connectivity index (χ2v) is 1.27. The predicted octanol–water partition coefficient (Wildman–Crippen LogP) is -0.489. The van der Waals surface area contributed by atoms with Crippen LogP contribution in [-0.4, -0.2) is 21.2 Å². The lowest BCUT2D eigenvalue weighted by Crippen LogP contribution is -2.11. The van der Waals surface area contributed by atoms with E-state index in [1.807, 2.05) is 0 Å². The molecule has 0 saturated carbocycles. The molecular weight excluding hydrogens is 142 g/mol. The summed E-state index contributed by atoms with van der Waals surface area (Å²) in [5, 5.41) is 16.1. The summed E-state index contributed by atoms with van der Waals surface area (Å²) in [4.78, 5) is 0. The van der Waals surface area contributed by atoms with Crippen molar-refractivity contribution in [3.8, 4) is 0 Å². The summed E-state index contributed by atoms with van der Waals surface area (Å²) >= 11 is 0. The Labute approximate surface area is 57.6 Å². The van der Waals surface area contributed by atoms with Gasteiger partial charge in [-0.25, -0.2) is 0 Å². The van der Waals surface area contributed by atoms with Crippen LogP contribution in [0.15, 0.2) is 6.20 Å². The zero-order valence-electron chi connectivity index (χ0n) is 4.46. The fourth-order valence-corrected chi connectivity index (χ4v) is 0.331. The number of aromatic nitrogens is 3. The Morgan fingerprint density at radius 2 is 2.44 bits per heavy atom. The highest BCUT2D eigenvalue weighted by atomic mass is 35.5. The predicted molar refractivity (Wildman–Crippen MR) is 34.6 cm³/mol. The Bertz CT molecular complexity index is 180. The zero-order chi connectivity index (χ0) is 5.98. The number of rotatable bonds is 1. The Hall–Kier alpha value is -1.10. The number of nitrogen functional groups attached to an aromatic ring is 1. The van der Waals surface area contributed by atoms with E-state index in [0.29, 0.717) is 5.69 Å². The van der Waals surface area contributed by atoms with Gasteiger partial charge in [0.05, 0.1) is 6.20 Å². The maximum absolute atomic E-state index is 6.81. The third-order valence-corrected chi connectivity index (χ3v) is 0.691. The summed E-state index contributed by atoms with van der Waals surface area (Å²) in [5.41, 5.74) is 5.40. The first-order valence-electron chi connectivity index (χ1n) is 2.01. The minimum absolute atomic E-state index is 0. The molecule has 4 N–H and O–H groups in total. The van der Waals surface area contributed by atoms with Gasteiger partial charge in [0.25, 0.3) is 0 Å². The molecule has 1 rings (SSSR count). The number of hydrogen-bond acceptors (Lipinski definition) is 3. The van der Waals surface area contributed by atoms with Gasteiger partial charge in [-0.2, -0.15) is 15.4 Å². The van der Waals surface area contributed by atoms with Gasteiger partial charge in [0.15, 0.2) is 0 Å². The number of nitrogens with two attached hydrogens (primary N) is 1. The molecule has 0 radical (unpaired) electrons. The summed E-state index contributed by atoms with van der Waals surface area (Å²) in [6.45, 7) is 0. The summed E-state index contributed by atoms with van der Waals surface area (Å²) in [7, 11) is 0. The van der Waals surface area contributed by atoms with Crippen LogP contribution in [0.2, 0.25) is 0 Å². The quantitative estimate of drug-likeness (QED) is 0.370. The molecule has 1 aromatic heterocycles. The van der Waals surface area contributed by atoms with Gasteiger partial charge in [-0.15, -0.1) is 12.4 Å². The molecule has 0 aliphatic heterocycles. The van der Waals surface area contributed by atoms with Crippen molar-refractivity contribution >= 4 is 18.2 Å². The summed E-state index contributed by atoms with van der Waals surface area (Å²) in [6, 6.07) is 0. The average molecular weight is 148 g/mol. The van der Waals surface area contributed by atoms with Crippen LogP contribution in [0.25, 0.3) is 0 Å². The van der Waals surface area contributed by atoms with E-state index in [2.05, 4.69) is 15.4 Å². The topological polar surface area (TPSA) is 91.4 Å². The summed E-state index contributed by atoms with van der Waals surface area (Å²) in [5.74, 6) is -0.0706. The first-order chi connectivity index (χ1) is 3.80. The Morgan fingerprint density at radius 3 is 2.67 bits per heavy atom. The average Bonchev–Trinajstić information content (AvgIpc) is 2.12. The number of amidine groups is 1. The van der Waals surface area contributed by atoms with Gasteiger partial charge in [0.1, 0.15) is 11.5 Å². The molecule has 0 saturated heterocycles. The third kappa shape index (κ3) is 1.69. The lowest BCUT2D eigenvalue weighted by atomic mass is 10.5. The maximum Gasteiger partial charge on any atom is 0.146 e. The van der Waals surface area contributed by atoms with Crippen molar-refractivity contribution in [2.24, 2.45) is 5.73 Å². The van der Waals surface area contributed by atoms with Gasteiger partial charge in [0, 0.05) is 0 Å². The minimum atomic E-state index is -0.0706. The van der Waals surface area contributed by atoms with E-state index in [9.17, 15) is 0 Å². The number of nitrogens with one attached hydrogen (secondary N) is 2. The molecule has 0 aliphatic rings. The van der Waals surface area contributed by atoms with E-state index in [1.54, 1.807) is 0 Å². The molecule has 0 aliphatic carbocycles. The Balaban J connectivity index is 0.000000640. The molecule has 0 fully saturated rings. The van der Waals surface area contributed by atoms with Crippen LogP contribution in [0, 0.1) is 5.41 Å². The van der Waals surface area contributed by atoms with Crippen molar-refractivity contribution in [3.05, 3.63) is 11.9 Å². The van der Waals surface area contributed by atoms with Gasteiger partial charge in [0.2, 0.25) is 0 Å². The van der Waals surface area contributed by atoms with Crippen LogP contribution in [-0.2, 0) is 0 Å². The van der Waals surface area contributed by atoms with Crippen LogP contribution in [0.1, 0.15) is 5.69 Å². The number of halogens is 1. The normalized spacial score (nSPS) is 8.00. The SMILES string of the molecule is Cl.N=C(N)c1cn[nH]n1. The number of aromatic amines is 1. The van der Waals surface area contributed by atoms with Gasteiger partial charge < -0.3 is 5.73 Å². The van der Waals surface area contributed by atoms with E-state index in [4.69, 9.17) is 11.1 Å². The highest BCUT2D eigenvalue weighted by Crippen LogP contribution is 1.82. The van der Waals surface area contributed by atoms with E-state index in [-0.39, 0.29) is 18.2 Å². The fourth-order valence-electron chi connectivity index (χ4n) is 0.331. The molecule has 1 aromatic rings. The molecule has 50 valence electrons. The minimum Gasteiger partial charge on any atom is -0.382 e. The van der Waals surface area contributed by atoms with Crippen LogP contribution in [0.5, 0.6) is 0 Å². The molecule has 0 bridgehead atoms. The van der Waals surface area contributed by atoms with Gasteiger partial charge in [-0.05, 0) is 0 Å². The van der Waals surface area contributed by atoms with E-state index in [0.717, 1.165) is 0 Å². The number of H-pyrrole nitrogens is 1. The van der Waals surface area contributed by atoms with Crippen molar-refractivity contribution in [1.29, 1.82) is 5.41 Å². The highest BCUT2D eigenvalue weighted by molar-refractivity contribution is 5.92. The molecule has 0 spiro atoms. The van der Waals surface area contributed by atoms with Crippen LogP contribution >= 0.6 is 12.4 Å². The standard InChI is InChI=1S/C3H5N5.ClH/c4-3(5)2-1-6-8-7-2;/h1H,(H3,4,5)(H,6,7,8);1H. The monoisotopic (exact) mass is 147 g/mol. The lowest BCUT2D eigenvalue weighted by molar-refractivity contribution is 0.936. The van der Waals surface area contributed by atoms with Crippen molar-refractivity contribution < 1.29 is 0 Å². The van der Waals surface area contributed by atoms with Gasteiger partial charge >= 0.3 is 0 Å². The molecular formula is C3H6ClN5. The van der Waals surface area contributed by atoms with Crippen molar-refractivity contribution in [3.63, 3.8) is 0 Å². The lowest BCUT2D eigenvalue weighted by Gasteiger charge is -1.81. The van der Waals surface area contributed by atoms with Crippen molar-refractivity contribution in [2.75, 3.05) is 0 Å². The smallest absolute Gasteiger partial charge is 0.146 e. The van der Waals surface area contributed by atoms with Crippen LogP contribution in [0.4, 0.5) is 0 Å². The van der Waals surface area contributed by atoms with E-state index < -0.39 is 0 Å². The largest absolute Gasteiger partial charge is 0.382 e. The van der Waals surface area contributed by atoms with Crippen molar-refractivity contribution in [1.82, 2.24) is 15.4 Å². The molecule has 9 heavy (non-hydrogen) atoms. The van der Waals surface area contributed by atoms with Gasteiger partial charge in [-0.3, -0.25) is 5.41 Å². The highest BCUT2D eigenvalue weighted by Gasteiger charge is 1.94. The molecule has 0 unspecified atom stereocenters. The molecule has 0 amide bonds. The second kappa shape index (κ2) is 3.03. The van der Waals surface area contributed by atoms with Crippen molar-refractivity contribution in [2.45, 2.75) is 0 Å². The van der Waals surface area contributed by atoms with Gasteiger partial charge in [-0.1, -0.05) is 0 Å². The molecule has 6 heteroatoms. The van der Waals surface area contributed by atoms with E-state index >= 15 is 0 Å². The molecule has 0 aromatic carbocycles. The fraction of sp³-hybridized carbons (Fsp3) is 0. The molecule has 5 nitrogen and oxygen atoms in total. The second-order valence-electron chi connectivity index (χ2n) is 1.27. The number of nitrogens with zero attached hydrogens (tertiary/aromatic N) is 2. The maximum atomic E-state index is 6.81. The first kappa shape index (κ1) is 7.90. The summed E-state index contributed by atoms with van der Waals surface area (Å²) in [6.07, 6.45) is 1.39. The van der Waals surface area contributed by atoms with Crippen LogP contribution in [0.3, 0.4) is 0 Å². The summed E-state index contributed by atoms with van der Waals surface area (Å²) < 4.78 is 0. The third-order valence-electron chi connectivity index (χ3n) is 0.691. The Kier molecular flexibility index (Phi) is 2.66. The molecule has 0 atom stereocenters.